The molecule has 0 atom stereocenters. The Kier molecular flexibility index (Phi) is 4.16. The zero-order chi connectivity index (χ0) is 12.1. The van der Waals surface area contributed by atoms with Gasteiger partial charge in [0.05, 0.1) is 5.02 Å². The lowest BCUT2D eigenvalue weighted by atomic mass is 10.0. The van der Waals surface area contributed by atoms with E-state index in [0.717, 1.165) is 18.4 Å². The first-order valence-corrected chi connectivity index (χ1v) is 5.96. The third kappa shape index (κ3) is 3.57. The first kappa shape index (κ1) is 12.1. The van der Waals surface area contributed by atoms with Gasteiger partial charge in [0, 0.05) is 0 Å². The SMILES string of the molecule is Fc1ccc([CH]CCc2ccccc2)cc1Cl. The Morgan fingerprint density at radius 3 is 2.53 bits per heavy atom. The topological polar surface area (TPSA) is 0 Å². The van der Waals surface area contributed by atoms with Gasteiger partial charge in [0.15, 0.2) is 0 Å². The number of halogens is 2. The van der Waals surface area contributed by atoms with Crippen molar-refractivity contribution in [1.82, 2.24) is 0 Å². The summed E-state index contributed by atoms with van der Waals surface area (Å²) in [5.74, 6) is -0.369. The van der Waals surface area contributed by atoms with Crippen LogP contribution in [0.3, 0.4) is 0 Å². The Morgan fingerprint density at radius 1 is 1.06 bits per heavy atom. The van der Waals surface area contributed by atoms with Gasteiger partial charge < -0.3 is 0 Å². The predicted molar refractivity (Wildman–Crippen MR) is 69.6 cm³/mol. The molecular weight excluding hydrogens is 235 g/mol. The number of benzene rings is 2. The van der Waals surface area contributed by atoms with Crippen LogP contribution >= 0.6 is 11.6 Å². The van der Waals surface area contributed by atoms with E-state index in [-0.39, 0.29) is 10.8 Å². The van der Waals surface area contributed by atoms with Crippen molar-refractivity contribution in [2.24, 2.45) is 0 Å². The molecule has 0 bridgehead atoms. The maximum Gasteiger partial charge on any atom is 0.141 e. The van der Waals surface area contributed by atoms with Crippen LogP contribution in [0, 0.1) is 12.2 Å². The van der Waals surface area contributed by atoms with Crippen LogP contribution in [-0.4, -0.2) is 0 Å². The third-order valence-corrected chi connectivity index (χ3v) is 2.89. The number of rotatable bonds is 4. The average Bonchev–Trinajstić information content (AvgIpc) is 2.35. The average molecular weight is 248 g/mol. The van der Waals surface area contributed by atoms with Crippen LogP contribution in [0.1, 0.15) is 17.5 Å². The van der Waals surface area contributed by atoms with Crippen molar-refractivity contribution in [2.45, 2.75) is 12.8 Å². The molecule has 0 spiro atoms. The highest BCUT2D eigenvalue weighted by molar-refractivity contribution is 6.30. The van der Waals surface area contributed by atoms with E-state index in [2.05, 4.69) is 18.6 Å². The summed E-state index contributed by atoms with van der Waals surface area (Å²) < 4.78 is 12.9. The Hall–Kier alpha value is -1.34. The van der Waals surface area contributed by atoms with Crippen LogP contribution in [0.4, 0.5) is 4.39 Å². The van der Waals surface area contributed by atoms with Crippen molar-refractivity contribution in [3.05, 3.63) is 76.9 Å². The van der Waals surface area contributed by atoms with Gasteiger partial charge in [-0.15, -0.1) is 0 Å². The second-order valence-electron chi connectivity index (χ2n) is 3.90. The maximum absolute atomic E-state index is 12.9. The monoisotopic (exact) mass is 247 g/mol. The molecule has 0 aliphatic heterocycles. The van der Waals surface area contributed by atoms with Crippen molar-refractivity contribution in [3.63, 3.8) is 0 Å². The lowest BCUT2D eigenvalue weighted by molar-refractivity contribution is 0.628. The van der Waals surface area contributed by atoms with Crippen molar-refractivity contribution in [3.8, 4) is 0 Å². The van der Waals surface area contributed by atoms with Crippen LogP contribution in [0.25, 0.3) is 0 Å². The fourth-order valence-electron chi connectivity index (χ4n) is 1.69. The highest BCUT2D eigenvalue weighted by Crippen LogP contribution is 2.18. The van der Waals surface area contributed by atoms with Crippen LogP contribution in [0.5, 0.6) is 0 Å². The molecule has 0 amide bonds. The summed E-state index contributed by atoms with van der Waals surface area (Å²) in [6.07, 6.45) is 3.97. The molecule has 0 N–H and O–H groups in total. The molecule has 87 valence electrons. The Bertz CT molecular complexity index is 480. The Morgan fingerprint density at radius 2 is 1.82 bits per heavy atom. The first-order valence-electron chi connectivity index (χ1n) is 5.58. The van der Waals surface area contributed by atoms with Gasteiger partial charge >= 0.3 is 0 Å². The van der Waals surface area contributed by atoms with Gasteiger partial charge in [0.25, 0.3) is 0 Å². The van der Waals surface area contributed by atoms with Gasteiger partial charge in [-0.25, -0.2) is 4.39 Å². The molecule has 0 aliphatic rings. The molecule has 0 aliphatic carbocycles. The van der Waals surface area contributed by atoms with E-state index in [9.17, 15) is 4.39 Å². The molecule has 0 aromatic heterocycles. The van der Waals surface area contributed by atoms with E-state index in [4.69, 9.17) is 11.6 Å². The van der Waals surface area contributed by atoms with E-state index >= 15 is 0 Å². The van der Waals surface area contributed by atoms with Gasteiger partial charge in [-0.3, -0.25) is 0 Å². The lowest BCUT2D eigenvalue weighted by Gasteiger charge is -2.03. The van der Waals surface area contributed by atoms with Gasteiger partial charge in [0.1, 0.15) is 5.82 Å². The number of hydrogen-bond acceptors (Lipinski definition) is 0. The summed E-state index contributed by atoms with van der Waals surface area (Å²) in [5.41, 5.74) is 2.27. The lowest BCUT2D eigenvalue weighted by Crippen LogP contribution is -1.88. The van der Waals surface area contributed by atoms with Gasteiger partial charge in [-0.1, -0.05) is 48.0 Å². The Labute approximate surface area is 106 Å². The molecule has 0 fully saturated rings. The summed E-state index contributed by atoms with van der Waals surface area (Å²) in [6.45, 7) is 0. The van der Waals surface area contributed by atoms with Crippen molar-refractivity contribution in [2.75, 3.05) is 0 Å². The zero-order valence-electron chi connectivity index (χ0n) is 9.37. The molecule has 0 heterocycles. The number of hydrogen-bond donors (Lipinski definition) is 0. The van der Waals surface area contributed by atoms with E-state index < -0.39 is 0 Å². The van der Waals surface area contributed by atoms with Crippen molar-refractivity contribution >= 4 is 11.6 Å². The molecule has 2 aromatic carbocycles. The minimum atomic E-state index is -0.369. The van der Waals surface area contributed by atoms with Gasteiger partial charge in [-0.05, 0) is 42.5 Å². The summed E-state index contributed by atoms with van der Waals surface area (Å²) >= 11 is 5.71. The van der Waals surface area contributed by atoms with Crippen LogP contribution in [0.15, 0.2) is 48.5 Å². The second kappa shape index (κ2) is 5.83. The highest BCUT2D eigenvalue weighted by Gasteiger charge is 2.01. The molecule has 17 heavy (non-hydrogen) atoms. The van der Waals surface area contributed by atoms with Gasteiger partial charge in [-0.2, -0.15) is 0 Å². The molecule has 2 aromatic rings. The van der Waals surface area contributed by atoms with Crippen LogP contribution < -0.4 is 0 Å². The molecule has 0 saturated carbocycles. The van der Waals surface area contributed by atoms with Crippen LogP contribution in [-0.2, 0) is 6.42 Å². The molecule has 2 heteroatoms. The first-order chi connectivity index (χ1) is 8.25. The molecule has 0 nitrogen and oxygen atoms in total. The van der Waals surface area contributed by atoms with Crippen LogP contribution in [0.2, 0.25) is 5.02 Å². The Balaban J connectivity index is 1.88. The zero-order valence-corrected chi connectivity index (χ0v) is 10.1. The standard InChI is InChI=1S/C15H13ClF/c16-14-11-13(9-10-15(14)17)8-4-7-12-5-2-1-3-6-12/h1-3,5-6,8-11H,4,7H2. The molecule has 0 saturated heterocycles. The molecule has 0 unspecified atom stereocenters. The predicted octanol–water partition coefficient (Wildman–Crippen LogP) is 4.66. The maximum atomic E-state index is 12.9. The largest absolute Gasteiger partial charge is 0.205 e. The number of aryl methyl sites for hydroxylation is 1. The van der Waals surface area contributed by atoms with Gasteiger partial charge in [0.2, 0.25) is 0 Å². The smallest absolute Gasteiger partial charge is 0.141 e. The summed E-state index contributed by atoms with van der Waals surface area (Å²) in [4.78, 5) is 0. The summed E-state index contributed by atoms with van der Waals surface area (Å²) in [7, 11) is 0. The quantitative estimate of drug-likeness (QED) is 0.737. The molecular formula is C15H13ClF. The minimum absolute atomic E-state index is 0.179. The molecule has 2 rings (SSSR count). The van der Waals surface area contributed by atoms with Crippen molar-refractivity contribution in [1.29, 1.82) is 0 Å². The minimum Gasteiger partial charge on any atom is -0.205 e. The molecule has 1 radical (unpaired) electrons. The second-order valence-corrected chi connectivity index (χ2v) is 4.31. The van der Waals surface area contributed by atoms with E-state index in [1.807, 2.05) is 18.2 Å². The normalized spacial score (nSPS) is 10.5. The summed E-state index contributed by atoms with van der Waals surface area (Å²) in [5, 5.41) is 0.179. The van der Waals surface area contributed by atoms with E-state index in [1.165, 1.54) is 11.6 Å². The highest BCUT2D eigenvalue weighted by atomic mass is 35.5. The van der Waals surface area contributed by atoms with E-state index in [0.29, 0.717) is 0 Å². The summed E-state index contributed by atoms with van der Waals surface area (Å²) in [6, 6.07) is 15.1. The third-order valence-electron chi connectivity index (χ3n) is 2.60. The fraction of sp³-hybridized carbons (Fsp3) is 0.133. The fourth-order valence-corrected chi connectivity index (χ4v) is 1.88. The van der Waals surface area contributed by atoms with E-state index in [1.54, 1.807) is 12.1 Å². The van der Waals surface area contributed by atoms with Crippen molar-refractivity contribution < 1.29 is 4.39 Å².